The number of hydrogen-bond acceptors (Lipinski definition) is 3. The van der Waals surface area contributed by atoms with Crippen molar-refractivity contribution in [3.05, 3.63) is 41.7 Å². The molecule has 0 radical (unpaired) electrons. The molecule has 0 unspecified atom stereocenters. The van der Waals surface area contributed by atoms with Crippen LogP contribution in [-0.4, -0.2) is 15.2 Å². The lowest BCUT2D eigenvalue weighted by atomic mass is 10.1. The summed E-state index contributed by atoms with van der Waals surface area (Å²) in [7, 11) is 0. The standard InChI is InChI=1S/C11H11N3/c1-8-3-5-10(6-4-8)11-13-9(2)7-12-14-11/h3-7H,1-2H3. The van der Waals surface area contributed by atoms with Gasteiger partial charge in [-0.2, -0.15) is 5.10 Å². The molecule has 0 atom stereocenters. The van der Waals surface area contributed by atoms with Gasteiger partial charge in [-0.05, 0) is 13.8 Å². The molecule has 0 fully saturated rings. The van der Waals surface area contributed by atoms with Gasteiger partial charge in [-0.15, -0.1) is 5.10 Å². The van der Waals surface area contributed by atoms with E-state index in [-0.39, 0.29) is 0 Å². The molecule has 70 valence electrons. The third-order valence-electron chi connectivity index (χ3n) is 1.99. The zero-order valence-corrected chi connectivity index (χ0v) is 8.23. The SMILES string of the molecule is Cc1ccc(-c2nncc(C)n2)cc1. The summed E-state index contributed by atoms with van der Waals surface area (Å²) < 4.78 is 0. The maximum Gasteiger partial charge on any atom is 0.181 e. The van der Waals surface area contributed by atoms with Crippen LogP contribution in [0.4, 0.5) is 0 Å². The van der Waals surface area contributed by atoms with Crippen molar-refractivity contribution >= 4 is 0 Å². The second kappa shape index (κ2) is 3.54. The summed E-state index contributed by atoms with van der Waals surface area (Å²) in [5.74, 6) is 0.685. The monoisotopic (exact) mass is 185 g/mol. The molecule has 0 saturated carbocycles. The van der Waals surface area contributed by atoms with E-state index < -0.39 is 0 Å². The van der Waals surface area contributed by atoms with Crippen molar-refractivity contribution in [3.63, 3.8) is 0 Å². The summed E-state index contributed by atoms with van der Waals surface area (Å²) in [6.45, 7) is 3.96. The van der Waals surface area contributed by atoms with Crippen LogP contribution in [0, 0.1) is 13.8 Å². The fourth-order valence-electron chi connectivity index (χ4n) is 1.21. The van der Waals surface area contributed by atoms with Crippen LogP contribution < -0.4 is 0 Å². The molecule has 1 aromatic heterocycles. The first-order valence-electron chi connectivity index (χ1n) is 4.49. The van der Waals surface area contributed by atoms with Gasteiger partial charge in [0.2, 0.25) is 0 Å². The molecule has 0 aliphatic carbocycles. The van der Waals surface area contributed by atoms with E-state index in [2.05, 4.69) is 22.1 Å². The number of aromatic nitrogens is 3. The molecular weight excluding hydrogens is 174 g/mol. The number of hydrogen-bond donors (Lipinski definition) is 0. The molecule has 0 bridgehead atoms. The van der Waals surface area contributed by atoms with Crippen LogP contribution in [0.15, 0.2) is 30.5 Å². The number of aryl methyl sites for hydroxylation is 2. The van der Waals surface area contributed by atoms with Crippen molar-refractivity contribution in [2.45, 2.75) is 13.8 Å². The molecule has 0 N–H and O–H groups in total. The number of rotatable bonds is 1. The Morgan fingerprint density at radius 3 is 2.36 bits per heavy atom. The van der Waals surface area contributed by atoms with Crippen LogP contribution in [0.2, 0.25) is 0 Å². The molecule has 0 spiro atoms. The molecule has 0 aliphatic heterocycles. The Morgan fingerprint density at radius 2 is 1.71 bits per heavy atom. The van der Waals surface area contributed by atoms with Crippen molar-refractivity contribution in [1.29, 1.82) is 0 Å². The normalized spacial score (nSPS) is 10.1. The van der Waals surface area contributed by atoms with Gasteiger partial charge in [0.1, 0.15) is 0 Å². The fourth-order valence-corrected chi connectivity index (χ4v) is 1.21. The second-order valence-corrected chi connectivity index (χ2v) is 3.29. The second-order valence-electron chi connectivity index (χ2n) is 3.29. The highest BCUT2D eigenvalue weighted by Gasteiger charge is 2.00. The molecule has 14 heavy (non-hydrogen) atoms. The van der Waals surface area contributed by atoms with Crippen molar-refractivity contribution in [3.8, 4) is 11.4 Å². The van der Waals surface area contributed by atoms with Gasteiger partial charge >= 0.3 is 0 Å². The molecule has 1 heterocycles. The molecule has 3 heteroatoms. The predicted molar refractivity (Wildman–Crippen MR) is 54.7 cm³/mol. The minimum Gasteiger partial charge on any atom is -0.230 e. The van der Waals surface area contributed by atoms with Gasteiger partial charge < -0.3 is 0 Å². The average Bonchev–Trinajstić information content (AvgIpc) is 2.19. The number of nitrogens with zero attached hydrogens (tertiary/aromatic N) is 3. The lowest BCUT2D eigenvalue weighted by Crippen LogP contribution is -1.93. The maximum absolute atomic E-state index is 4.30. The molecule has 0 aliphatic rings. The van der Waals surface area contributed by atoms with Crippen LogP contribution in [-0.2, 0) is 0 Å². The van der Waals surface area contributed by atoms with Crippen LogP contribution in [0.1, 0.15) is 11.3 Å². The summed E-state index contributed by atoms with van der Waals surface area (Å²) in [5, 5.41) is 7.85. The summed E-state index contributed by atoms with van der Waals surface area (Å²) in [6, 6.07) is 8.10. The summed E-state index contributed by atoms with van der Waals surface area (Å²) in [6.07, 6.45) is 1.65. The highest BCUT2D eigenvalue weighted by atomic mass is 15.1. The fraction of sp³-hybridized carbons (Fsp3) is 0.182. The summed E-state index contributed by atoms with van der Waals surface area (Å²) in [4.78, 5) is 4.30. The highest BCUT2D eigenvalue weighted by Crippen LogP contribution is 2.14. The lowest BCUT2D eigenvalue weighted by molar-refractivity contribution is 0.950. The van der Waals surface area contributed by atoms with Gasteiger partial charge in [-0.25, -0.2) is 4.98 Å². The van der Waals surface area contributed by atoms with Gasteiger partial charge in [0.05, 0.1) is 11.9 Å². The predicted octanol–water partition coefficient (Wildman–Crippen LogP) is 2.16. The third kappa shape index (κ3) is 1.76. The van der Waals surface area contributed by atoms with Crippen molar-refractivity contribution < 1.29 is 0 Å². The van der Waals surface area contributed by atoms with Crippen molar-refractivity contribution in [1.82, 2.24) is 15.2 Å². The first kappa shape index (κ1) is 8.81. The molecule has 0 amide bonds. The van der Waals surface area contributed by atoms with E-state index >= 15 is 0 Å². The highest BCUT2D eigenvalue weighted by molar-refractivity contribution is 5.54. The lowest BCUT2D eigenvalue weighted by Gasteiger charge is -1.99. The maximum atomic E-state index is 4.30. The Hall–Kier alpha value is -1.77. The Morgan fingerprint density at radius 1 is 1.00 bits per heavy atom. The Kier molecular flexibility index (Phi) is 2.23. The Balaban J connectivity index is 2.44. The third-order valence-corrected chi connectivity index (χ3v) is 1.99. The molecule has 3 nitrogen and oxygen atoms in total. The summed E-state index contributed by atoms with van der Waals surface area (Å²) >= 11 is 0. The van der Waals surface area contributed by atoms with Crippen LogP contribution in [0.25, 0.3) is 11.4 Å². The van der Waals surface area contributed by atoms with E-state index in [1.54, 1.807) is 6.20 Å². The topological polar surface area (TPSA) is 38.7 Å². The Bertz CT molecular complexity index is 435. The molecular formula is C11H11N3. The average molecular weight is 185 g/mol. The van der Waals surface area contributed by atoms with E-state index in [1.807, 2.05) is 31.2 Å². The van der Waals surface area contributed by atoms with E-state index in [9.17, 15) is 0 Å². The largest absolute Gasteiger partial charge is 0.230 e. The van der Waals surface area contributed by atoms with Gasteiger partial charge in [0, 0.05) is 5.56 Å². The van der Waals surface area contributed by atoms with Gasteiger partial charge in [-0.1, -0.05) is 29.8 Å². The van der Waals surface area contributed by atoms with E-state index in [1.165, 1.54) is 5.56 Å². The first-order valence-corrected chi connectivity index (χ1v) is 4.49. The van der Waals surface area contributed by atoms with Crippen LogP contribution >= 0.6 is 0 Å². The number of benzene rings is 1. The Labute approximate surface area is 82.8 Å². The van der Waals surface area contributed by atoms with Crippen LogP contribution in [0.5, 0.6) is 0 Å². The minimum absolute atomic E-state index is 0.685. The van der Waals surface area contributed by atoms with E-state index in [0.29, 0.717) is 5.82 Å². The van der Waals surface area contributed by atoms with Gasteiger partial charge in [-0.3, -0.25) is 0 Å². The van der Waals surface area contributed by atoms with E-state index in [0.717, 1.165) is 11.3 Å². The van der Waals surface area contributed by atoms with Gasteiger partial charge in [0.15, 0.2) is 5.82 Å². The smallest absolute Gasteiger partial charge is 0.181 e. The first-order chi connectivity index (χ1) is 6.75. The minimum atomic E-state index is 0.685. The van der Waals surface area contributed by atoms with Crippen molar-refractivity contribution in [2.24, 2.45) is 0 Å². The molecule has 1 aromatic carbocycles. The van der Waals surface area contributed by atoms with E-state index in [4.69, 9.17) is 0 Å². The van der Waals surface area contributed by atoms with Crippen molar-refractivity contribution in [2.75, 3.05) is 0 Å². The quantitative estimate of drug-likeness (QED) is 0.683. The molecule has 0 saturated heterocycles. The zero-order chi connectivity index (χ0) is 9.97. The van der Waals surface area contributed by atoms with Gasteiger partial charge in [0.25, 0.3) is 0 Å². The molecule has 2 aromatic rings. The molecule has 2 rings (SSSR count). The van der Waals surface area contributed by atoms with Crippen LogP contribution in [0.3, 0.4) is 0 Å². The summed E-state index contributed by atoms with van der Waals surface area (Å²) in [5.41, 5.74) is 3.12. The zero-order valence-electron chi connectivity index (χ0n) is 8.23.